The van der Waals surface area contributed by atoms with Crippen LogP contribution in [0.5, 0.6) is 0 Å². The second-order valence-electron chi connectivity index (χ2n) is 5.27. The van der Waals surface area contributed by atoms with E-state index in [1.54, 1.807) is 0 Å². The predicted octanol–water partition coefficient (Wildman–Crippen LogP) is -0.809. The first-order valence-electron chi connectivity index (χ1n) is 7.10. The number of nitrogens with one attached hydrogen (secondary N) is 1. The van der Waals surface area contributed by atoms with Crippen molar-refractivity contribution in [3.63, 3.8) is 0 Å². The number of carbonyl (C=O) groups excluding carboxylic acids is 3. The van der Waals surface area contributed by atoms with E-state index in [1.807, 2.05) is 0 Å². The highest BCUT2D eigenvalue weighted by atomic mass is 16.5. The van der Waals surface area contributed by atoms with Gasteiger partial charge in [0.1, 0.15) is 6.04 Å². The molecule has 0 saturated carbocycles. The average Bonchev–Trinajstić information content (AvgIpc) is 3.05. The largest absolute Gasteiger partial charge is 0.480 e. The molecular weight excluding hydrogens is 310 g/mol. The normalized spacial score (nSPS) is 19.7. The van der Waals surface area contributed by atoms with Crippen LogP contribution in [0.4, 0.5) is 0 Å². The summed E-state index contributed by atoms with van der Waals surface area (Å²) in [7, 11) is 2.16. The van der Waals surface area contributed by atoms with Gasteiger partial charge in [-0.15, -0.1) is 0 Å². The van der Waals surface area contributed by atoms with Gasteiger partial charge < -0.3 is 24.6 Å². The lowest BCUT2D eigenvalue weighted by atomic mass is 9.87. The predicted molar refractivity (Wildman–Crippen MR) is 75.2 cm³/mol. The second kappa shape index (κ2) is 8.47. The molecule has 0 aliphatic carbocycles. The summed E-state index contributed by atoms with van der Waals surface area (Å²) in [4.78, 5) is 47.1. The summed E-state index contributed by atoms with van der Waals surface area (Å²) in [6, 6.07) is -1.44. The van der Waals surface area contributed by atoms with Gasteiger partial charge in [-0.3, -0.25) is 14.4 Å². The molecule has 1 fully saturated rings. The number of amides is 1. The van der Waals surface area contributed by atoms with Crippen LogP contribution >= 0.6 is 0 Å². The fraction of sp³-hybridized carbons (Fsp3) is 0.714. The van der Waals surface area contributed by atoms with Crippen LogP contribution in [0.2, 0.25) is 0 Å². The molecule has 9 nitrogen and oxygen atoms in total. The molecule has 0 radical (unpaired) electrons. The second-order valence-corrected chi connectivity index (χ2v) is 5.27. The Bertz CT molecular complexity index is 455. The first-order chi connectivity index (χ1) is 10.8. The number of rotatable bonds is 7. The number of esters is 2. The Labute approximate surface area is 133 Å². The third-order valence-corrected chi connectivity index (χ3v) is 3.83. The van der Waals surface area contributed by atoms with Gasteiger partial charge in [0, 0.05) is 12.5 Å². The summed E-state index contributed by atoms with van der Waals surface area (Å²) >= 11 is 0. The highest BCUT2D eigenvalue weighted by molar-refractivity contribution is 5.96. The lowest BCUT2D eigenvalue weighted by molar-refractivity contribution is -0.163. The van der Waals surface area contributed by atoms with Gasteiger partial charge in [-0.2, -0.15) is 0 Å². The van der Waals surface area contributed by atoms with Crippen LogP contribution in [0, 0.1) is 17.8 Å². The van der Waals surface area contributed by atoms with E-state index in [4.69, 9.17) is 4.74 Å². The average molecular weight is 331 g/mol. The summed E-state index contributed by atoms with van der Waals surface area (Å²) in [5, 5.41) is 11.7. The Balaban J connectivity index is 2.92. The fourth-order valence-electron chi connectivity index (χ4n) is 2.40. The topological polar surface area (TPSA) is 128 Å². The van der Waals surface area contributed by atoms with Crippen LogP contribution in [0.15, 0.2) is 0 Å². The molecule has 1 aliphatic rings. The fourth-order valence-corrected chi connectivity index (χ4v) is 2.40. The van der Waals surface area contributed by atoms with Crippen molar-refractivity contribution < 1.29 is 38.5 Å². The van der Waals surface area contributed by atoms with Crippen molar-refractivity contribution in [3.05, 3.63) is 0 Å². The van der Waals surface area contributed by atoms with Gasteiger partial charge in [0.05, 0.1) is 26.7 Å². The first-order valence-corrected chi connectivity index (χ1v) is 7.10. The van der Waals surface area contributed by atoms with E-state index in [2.05, 4.69) is 14.8 Å². The van der Waals surface area contributed by atoms with Crippen LogP contribution in [0.25, 0.3) is 0 Å². The van der Waals surface area contributed by atoms with Crippen molar-refractivity contribution in [2.24, 2.45) is 17.8 Å². The molecule has 3 atom stereocenters. The molecule has 0 aromatic rings. The van der Waals surface area contributed by atoms with Gasteiger partial charge in [0.25, 0.3) is 0 Å². The Kier molecular flexibility index (Phi) is 6.95. The summed E-state index contributed by atoms with van der Waals surface area (Å²) in [6.45, 7) is 2.00. The van der Waals surface area contributed by atoms with Crippen LogP contribution in [0.1, 0.15) is 13.3 Å². The van der Waals surface area contributed by atoms with Crippen molar-refractivity contribution in [1.29, 1.82) is 0 Å². The summed E-state index contributed by atoms with van der Waals surface area (Å²) in [6.07, 6.45) is 0.490. The maximum absolute atomic E-state index is 12.1. The number of carboxylic acid groups (broad SMARTS) is 1. The van der Waals surface area contributed by atoms with Crippen LogP contribution < -0.4 is 5.32 Å². The van der Waals surface area contributed by atoms with Crippen LogP contribution in [-0.2, 0) is 33.4 Å². The third-order valence-electron chi connectivity index (χ3n) is 3.83. The van der Waals surface area contributed by atoms with Gasteiger partial charge in [-0.25, -0.2) is 4.79 Å². The van der Waals surface area contributed by atoms with Crippen LogP contribution in [0.3, 0.4) is 0 Å². The zero-order valence-corrected chi connectivity index (χ0v) is 13.2. The van der Waals surface area contributed by atoms with Gasteiger partial charge in [-0.05, 0) is 6.42 Å². The smallest absolute Gasteiger partial charge is 0.326 e. The first kappa shape index (κ1) is 18.9. The molecule has 1 rings (SSSR count). The molecule has 130 valence electrons. The number of carboxylic acids is 1. The minimum absolute atomic E-state index is 0.212. The van der Waals surface area contributed by atoms with E-state index in [1.165, 1.54) is 6.92 Å². The van der Waals surface area contributed by atoms with Crippen molar-refractivity contribution >= 4 is 23.8 Å². The van der Waals surface area contributed by atoms with E-state index in [0.29, 0.717) is 13.0 Å². The van der Waals surface area contributed by atoms with E-state index in [0.717, 1.165) is 14.2 Å². The van der Waals surface area contributed by atoms with E-state index in [-0.39, 0.29) is 6.61 Å². The number of aliphatic carboxylic acids is 1. The van der Waals surface area contributed by atoms with Gasteiger partial charge in [-0.1, -0.05) is 6.92 Å². The standard InChI is InChI=1S/C14H21NO8/c1-7(9(13(19)21-2)14(20)22-3)10(12(17)18)15-11(16)8-4-5-23-6-8/h7-10H,4-6H2,1-3H3,(H,15,16)(H,17,18)/t7-,8+,10-/m0/s1. The van der Waals surface area contributed by atoms with Gasteiger partial charge in [0.15, 0.2) is 5.92 Å². The van der Waals surface area contributed by atoms with Crippen molar-refractivity contribution in [2.45, 2.75) is 19.4 Å². The van der Waals surface area contributed by atoms with Crippen molar-refractivity contribution in [2.75, 3.05) is 27.4 Å². The summed E-state index contributed by atoms with van der Waals surface area (Å²) in [5.74, 6) is -6.65. The number of hydrogen-bond donors (Lipinski definition) is 2. The number of hydrogen-bond acceptors (Lipinski definition) is 7. The maximum atomic E-state index is 12.1. The highest BCUT2D eigenvalue weighted by Crippen LogP contribution is 2.21. The molecular formula is C14H21NO8. The molecule has 23 heavy (non-hydrogen) atoms. The number of carbonyl (C=O) groups is 4. The molecule has 0 bridgehead atoms. The third kappa shape index (κ3) is 4.65. The maximum Gasteiger partial charge on any atom is 0.326 e. The molecule has 0 aromatic heterocycles. The summed E-state index contributed by atoms with van der Waals surface area (Å²) in [5.41, 5.74) is 0. The molecule has 2 N–H and O–H groups in total. The quantitative estimate of drug-likeness (QED) is 0.458. The Hall–Kier alpha value is -2.16. The lowest BCUT2D eigenvalue weighted by Gasteiger charge is -2.26. The van der Waals surface area contributed by atoms with Crippen molar-refractivity contribution in [3.8, 4) is 0 Å². The highest BCUT2D eigenvalue weighted by Gasteiger charge is 2.42. The molecule has 0 unspecified atom stereocenters. The zero-order valence-electron chi connectivity index (χ0n) is 13.2. The lowest BCUT2D eigenvalue weighted by Crippen LogP contribution is -2.51. The molecule has 0 aromatic carbocycles. The Morgan fingerprint density at radius 3 is 2.13 bits per heavy atom. The molecule has 9 heteroatoms. The minimum atomic E-state index is -1.45. The summed E-state index contributed by atoms with van der Waals surface area (Å²) < 4.78 is 14.1. The number of ether oxygens (including phenoxy) is 3. The monoisotopic (exact) mass is 331 g/mol. The zero-order chi connectivity index (χ0) is 17.6. The molecule has 1 amide bonds. The van der Waals surface area contributed by atoms with Gasteiger partial charge >= 0.3 is 17.9 Å². The Morgan fingerprint density at radius 1 is 1.17 bits per heavy atom. The molecule has 1 aliphatic heterocycles. The SMILES string of the molecule is COC(=O)C(C(=O)OC)[C@H](C)[C@H](NC(=O)[C@@H]1CCOC1)C(=O)O. The molecule has 1 heterocycles. The van der Waals surface area contributed by atoms with E-state index in [9.17, 15) is 24.3 Å². The minimum Gasteiger partial charge on any atom is -0.480 e. The van der Waals surface area contributed by atoms with E-state index >= 15 is 0 Å². The molecule has 0 spiro atoms. The van der Waals surface area contributed by atoms with Crippen LogP contribution in [-0.4, -0.2) is 62.4 Å². The van der Waals surface area contributed by atoms with Crippen molar-refractivity contribution in [1.82, 2.24) is 5.32 Å². The Morgan fingerprint density at radius 2 is 1.74 bits per heavy atom. The van der Waals surface area contributed by atoms with E-state index < -0.39 is 47.6 Å². The number of methoxy groups -OCH3 is 2. The van der Waals surface area contributed by atoms with Gasteiger partial charge in [0.2, 0.25) is 5.91 Å². The molecule has 1 saturated heterocycles.